The molecule has 1 aromatic heterocycles. The molecule has 0 bridgehead atoms. The molecule has 1 heterocycles. The third kappa shape index (κ3) is 4.25. The molecular formula is C20H23N3O2. The number of aromatic nitrogens is 2. The van der Waals surface area contributed by atoms with Crippen molar-refractivity contribution in [1.82, 2.24) is 15.5 Å². The lowest BCUT2D eigenvalue weighted by molar-refractivity contribution is -0.125. The van der Waals surface area contributed by atoms with Crippen LogP contribution in [0.4, 0.5) is 0 Å². The lowest BCUT2D eigenvalue weighted by atomic mass is 10.0. The molecule has 5 nitrogen and oxygen atoms in total. The predicted octanol–water partition coefficient (Wildman–Crippen LogP) is 2.46. The molecule has 0 radical (unpaired) electrons. The van der Waals surface area contributed by atoms with Gasteiger partial charge in [-0.2, -0.15) is 5.10 Å². The Hall–Kier alpha value is -2.66. The molecule has 3 N–H and O–H groups in total. The fraction of sp³-hybridized carbons (Fsp3) is 0.300. The molecule has 5 heteroatoms. The standard InChI is InChI=1S/C20H23N3O2/c1-14(11-19-17-9-5-6-10-18(17)22-23-19)20(25)21-16(13-24)12-15-7-3-2-4-8-15/h2-10,14,16,24H,11-13H2,1H3,(H,21,25)(H,22,23). The van der Waals surface area contributed by atoms with Crippen molar-refractivity contribution in [2.75, 3.05) is 6.61 Å². The first-order chi connectivity index (χ1) is 12.2. The van der Waals surface area contributed by atoms with Gasteiger partial charge in [-0.05, 0) is 18.1 Å². The van der Waals surface area contributed by atoms with E-state index >= 15 is 0 Å². The number of fused-ring (bicyclic) bond motifs is 1. The summed E-state index contributed by atoms with van der Waals surface area (Å²) in [5, 5.41) is 20.9. The van der Waals surface area contributed by atoms with Crippen LogP contribution in [0.15, 0.2) is 54.6 Å². The van der Waals surface area contributed by atoms with E-state index in [-0.39, 0.29) is 24.5 Å². The maximum Gasteiger partial charge on any atom is 0.223 e. The SMILES string of the molecule is CC(Cc1[nH]nc2ccccc12)C(=O)NC(CO)Cc1ccccc1. The molecule has 0 aliphatic rings. The van der Waals surface area contributed by atoms with E-state index < -0.39 is 0 Å². The number of benzene rings is 2. The lowest BCUT2D eigenvalue weighted by Gasteiger charge is -2.19. The Bertz CT molecular complexity index is 829. The zero-order valence-corrected chi connectivity index (χ0v) is 14.3. The summed E-state index contributed by atoms with van der Waals surface area (Å²) < 4.78 is 0. The normalized spacial score (nSPS) is 13.5. The Balaban J connectivity index is 1.61. The van der Waals surface area contributed by atoms with Crippen molar-refractivity contribution in [2.45, 2.75) is 25.8 Å². The van der Waals surface area contributed by atoms with Crippen molar-refractivity contribution in [3.63, 3.8) is 0 Å². The van der Waals surface area contributed by atoms with Gasteiger partial charge in [0, 0.05) is 23.4 Å². The minimum Gasteiger partial charge on any atom is -0.394 e. The van der Waals surface area contributed by atoms with Gasteiger partial charge in [0.05, 0.1) is 18.2 Å². The van der Waals surface area contributed by atoms with Crippen molar-refractivity contribution in [3.8, 4) is 0 Å². The smallest absolute Gasteiger partial charge is 0.223 e. The van der Waals surface area contributed by atoms with Crippen molar-refractivity contribution < 1.29 is 9.90 Å². The summed E-state index contributed by atoms with van der Waals surface area (Å²) in [7, 11) is 0. The molecule has 0 spiro atoms. The van der Waals surface area contributed by atoms with E-state index in [1.807, 2.05) is 61.5 Å². The van der Waals surface area contributed by atoms with Crippen molar-refractivity contribution >= 4 is 16.8 Å². The number of nitrogens with one attached hydrogen (secondary N) is 2. The van der Waals surface area contributed by atoms with Gasteiger partial charge in [0.1, 0.15) is 0 Å². The summed E-state index contributed by atoms with van der Waals surface area (Å²) in [5.41, 5.74) is 2.96. The van der Waals surface area contributed by atoms with Gasteiger partial charge >= 0.3 is 0 Å². The monoisotopic (exact) mass is 337 g/mol. The molecule has 0 saturated carbocycles. The highest BCUT2D eigenvalue weighted by Gasteiger charge is 2.19. The van der Waals surface area contributed by atoms with Gasteiger partial charge in [-0.25, -0.2) is 0 Å². The van der Waals surface area contributed by atoms with Crippen LogP contribution in [0.25, 0.3) is 10.9 Å². The summed E-state index contributed by atoms with van der Waals surface area (Å²) in [6.07, 6.45) is 1.19. The van der Waals surface area contributed by atoms with Crippen LogP contribution in [0.1, 0.15) is 18.2 Å². The average molecular weight is 337 g/mol. The van der Waals surface area contributed by atoms with Crippen LogP contribution in [0.5, 0.6) is 0 Å². The number of aromatic amines is 1. The van der Waals surface area contributed by atoms with Gasteiger partial charge in [-0.1, -0.05) is 55.5 Å². The Morgan fingerprint density at radius 1 is 1.12 bits per heavy atom. The van der Waals surface area contributed by atoms with Gasteiger partial charge in [-0.15, -0.1) is 0 Å². The summed E-state index contributed by atoms with van der Waals surface area (Å²) in [6, 6.07) is 17.4. The lowest BCUT2D eigenvalue weighted by Crippen LogP contribution is -2.42. The topological polar surface area (TPSA) is 78.0 Å². The molecule has 3 rings (SSSR count). The molecule has 2 atom stereocenters. The van der Waals surface area contributed by atoms with E-state index in [4.69, 9.17) is 0 Å². The van der Waals surface area contributed by atoms with E-state index in [0.29, 0.717) is 12.8 Å². The first kappa shape index (κ1) is 17.2. The number of carbonyl (C=O) groups excluding carboxylic acids is 1. The van der Waals surface area contributed by atoms with Crippen LogP contribution in [0, 0.1) is 5.92 Å². The fourth-order valence-electron chi connectivity index (χ4n) is 2.97. The summed E-state index contributed by atoms with van der Waals surface area (Å²) in [4.78, 5) is 12.5. The molecular weight excluding hydrogens is 314 g/mol. The zero-order chi connectivity index (χ0) is 17.6. The van der Waals surface area contributed by atoms with E-state index in [1.54, 1.807) is 0 Å². The van der Waals surface area contributed by atoms with Crippen LogP contribution < -0.4 is 5.32 Å². The van der Waals surface area contributed by atoms with Crippen molar-refractivity contribution in [3.05, 3.63) is 65.9 Å². The van der Waals surface area contributed by atoms with Gasteiger partial charge in [0.2, 0.25) is 5.91 Å². The predicted molar refractivity (Wildman–Crippen MR) is 98.1 cm³/mol. The molecule has 1 amide bonds. The Morgan fingerprint density at radius 2 is 1.84 bits per heavy atom. The molecule has 2 aromatic carbocycles. The molecule has 25 heavy (non-hydrogen) atoms. The van der Waals surface area contributed by atoms with Crippen LogP contribution in [0.2, 0.25) is 0 Å². The number of hydrogen-bond donors (Lipinski definition) is 3. The summed E-state index contributed by atoms with van der Waals surface area (Å²) in [6.45, 7) is 1.81. The van der Waals surface area contributed by atoms with Crippen molar-refractivity contribution in [2.24, 2.45) is 5.92 Å². The molecule has 0 saturated heterocycles. The van der Waals surface area contributed by atoms with Gasteiger partial charge < -0.3 is 10.4 Å². The second kappa shape index (κ2) is 7.94. The average Bonchev–Trinajstić information content (AvgIpc) is 3.05. The minimum absolute atomic E-state index is 0.0614. The number of rotatable bonds is 7. The van der Waals surface area contributed by atoms with E-state index in [2.05, 4.69) is 15.5 Å². The van der Waals surface area contributed by atoms with E-state index in [9.17, 15) is 9.90 Å². The second-order valence-corrected chi connectivity index (χ2v) is 6.40. The number of hydrogen-bond acceptors (Lipinski definition) is 3. The molecule has 0 fully saturated rings. The number of nitrogens with zero attached hydrogens (tertiary/aromatic N) is 1. The number of aliphatic hydroxyl groups excluding tert-OH is 1. The van der Waals surface area contributed by atoms with Crippen LogP contribution in [-0.2, 0) is 17.6 Å². The van der Waals surface area contributed by atoms with E-state index in [1.165, 1.54) is 0 Å². The quantitative estimate of drug-likeness (QED) is 0.620. The third-order valence-corrected chi connectivity index (χ3v) is 4.39. The summed E-state index contributed by atoms with van der Waals surface area (Å²) in [5.74, 6) is -0.276. The van der Waals surface area contributed by atoms with Crippen LogP contribution in [0.3, 0.4) is 0 Å². The Kier molecular flexibility index (Phi) is 5.46. The van der Waals surface area contributed by atoms with E-state index in [0.717, 1.165) is 22.2 Å². The highest BCUT2D eigenvalue weighted by Crippen LogP contribution is 2.18. The molecule has 0 aliphatic carbocycles. The Morgan fingerprint density at radius 3 is 2.60 bits per heavy atom. The maximum atomic E-state index is 12.5. The zero-order valence-electron chi connectivity index (χ0n) is 14.3. The molecule has 0 aliphatic heterocycles. The van der Waals surface area contributed by atoms with Gasteiger partial charge in [0.25, 0.3) is 0 Å². The number of H-pyrrole nitrogens is 1. The van der Waals surface area contributed by atoms with Crippen LogP contribution in [-0.4, -0.2) is 33.9 Å². The van der Waals surface area contributed by atoms with Crippen LogP contribution >= 0.6 is 0 Å². The first-order valence-corrected chi connectivity index (χ1v) is 8.54. The van der Waals surface area contributed by atoms with Gasteiger partial charge in [0.15, 0.2) is 0 Å². The van der Waals surface area contributed by atoms with Gasteiger partial charge in [-0.3, -0.25) is 9.89 Å². The minimum atomic E-state index is -0.282. The maximum absolute atomic E-state index is 12.5. The first-order valence-electron chi connectivity index (χ1n) is 8.54. The number of carbonyl (C=O) groups is 1. The summed E-state index contributed by atoms with van der Waals surface area (Å²) >= 11 is 0. The Labute approximate surface area is 147 Å². The highest BCUT2D eigenvalue weighted by atomic mass is 16.3. The highest BCUT2D eigenvalue weighted by molar-refractivity contribution is 5.83. The molecule has 3 aromatic rings. The fourth-order valence-corrected chi connectivity index (χ4v) is 2.97. The molecule has 2 unspecified atom stereocenters. The number of amides is 1. The molecule has 130 valence electrons. The second-order valence-electron chi connectivity index (χ2n) is 6.40. The number of aliphatic hydroxyl groups is 1. The third-order valence-electron chi connectivity index (χ3n) is 4.39. The number of para-hydroxylation sites is 1. The largest absolute Gasteiger partial charge is 0.394 e. The van der Waals surface area contributed by atoms with Crippen molar-refractivity contribution in [1.29, 1.82) is 0 Å².